The summed E-state index contributed by atoms with van der Waals surface area (Å²) in [6.45, 7) is 2.30. The first-order valence-electron chi connectivity index (χ1n) is 12.7. The summed E-state index contributed by atoms with van der Waals surface area (Å²) >= 11 is 0. The number of piperidine rings is 1. The minimum absolute atomic E-state index is 0.00186. The zero-order valence-corrected chi connectivity index (χ0v) is 20.0. The molecule has 0 spiro atoms. The van der Waals surface area contributed by atoms with E-state index in [1.165, 1.54) is 4.90 Å². The van der Waals surface area contributed by atoms with Gasteiger partial charge in [-0.1, -0.05) is 25.3 Å². The van der Waals surface area contributed by atoms with Gasteiger partial charge in [0.1, 0.15) is 0 Å². The molecular weight excluding hydrogens is 446 g/mol. The Morgan fingerprint density at radius 3 is 2.54 bits per heavy atom. The van der Waals surface area contributed by atoms with Gasteiger partial charge in [-0.3, -0.25) is 24.0 Å². The number of nitrogens with one attached hydrogen (secondary N) is 1. The molecule has 1 saturated carbocycles. The van der Waals surface area contributed by atoms with Gasteiger partial charge in [0.05, 0.1) is 29.0 Å². The highest BCUT2D eigenvalue weighted by atomic mass is 16.3. The lowest BCUT2D eigenvalue weighted by Crippen LogP contribution is -2.47. The van der Waals surface area contributed by atoms with Gasteiger partial charge in [-0.15, -0.1) is 0 Å². The van der Waals surface area contributed by atoms with Gasteiger partial charge in [-0.05, 0) is 43.9 Å². The number of anilines is 1. The van der Waals surface area contributed by atoms with Gasteiger partial charge in [-0.2, -0.15) is 5.10 Å². The number of hydrogen-bond acceptors (Lipinski definition) is 6. The Hall–Kier alpha value is -3.20. The van der Waals surface area contributed by atoms with Crippen molar-refractivity contribution in [3.8, 4) is 0 Å². The zero-order valence-electron chi connectivity index (χ0n) is 20.0. The Labute approximate surface area is 205 Å². The normalized spacial score (nSPS) is 20.3. The van der Waals surface area contributed by atoms with E-state index in [0.29, 0.717) is 50.1 Å². The number of amides is 3. The Kier molecular flexibility index (Phi) is 6.60. The molecule has 1 saturated heterocycles. The molecule has 0 bridgehead atoms. The topological polar surface area (TPSA) is 108 Å². The highest BCUT2D eigenvalue weighted by molar-refractivity contribution is 6.23. The average Bonchev–Trinajstić information content (AvgIpc) is 3.48. The monoisotopic (exact) mass is 479 g/mol. The fourth-order valence-corrected chi connectivity index (χ4v) is 5.58. The largest absolute Gasteiger partial charge is 0.388 e. The maximum absolute atomic E-state index is 13.2. The van der Waals surface area contributed by atoms with Crippen LogP contribution in [0.5, 0.6) is 0 Å². The van der Waals surface area contributed by atoms with E-state index < -0.39 is 5.60 Å². The van der Waals surface area contributed by atoms with Gasteiger partial charge in [0.25, 0.3) is 11.8 Å². The molecule has 0 radical (unpaired) electrons. The molecule has 9 heteroatoms. The van der Waals surface area contributed by atoms with Gasteiger partial charge >= 0.3 is 0 Å². The quantitative estimate of drug-likeness (QED) is 0.590. The maximum Gasteiger partial charge on any atom is 0.263 e. The number of rotatable bonds is 7. The predicted molar refractivity (Wildman–Crippen MR) is 130 cm³/mol. The first kappa shape index (κ1) is 23.5. The molecular formula is C26H33N5O4. The molecule has 0 unspecified atom stereocenters. The molecule has 2 fully saturated rings. The summed E-state index contributed by atoms with van der Waals surface area (Å²) in [4.78, 5) is 42.4. The average molecular weight is 480 g/mol. The molecule has 1 aromatic carbocycles. The summed E-state index contributed by atoms with van der Waals surface area (Å²) in [6.07, 6.45) is 9.46. The molecule has 5 rings (SSSR count). The first-order chi connectivity index (χ1) is 17.0. The summed E-state index contributed by atoms with van der Waals surface area (Å²) in [5.41, 5.74) is 0.891. The van der Waals surface area contributed by atoms with Crippen LogP contribution in [-0.4, -0.2) is 69.3 Å². The second kappa shape index (κ2) is 9.81. The lowest BCUT2D eigenvalue weighted by atomic mass is 9.84. The van der Waals surface area contributed by atoms with Crippen LogP contribution in [0.3, 0.4) is 0 Å². The number of aromatic nitrogens is 2. The van der Waals surface area contributed by atoms with E-state index in [-0.39, 0.29) is 30.2 Å². The Balaban J connectivity index is 1.20. The zero-order chi connectivity index (χ0) is 24.4. The van der Waals surface area contributed by atoms with Gasteiger partial charge < -0.3 is 15.3 Å². The van der Waals surface area contributed by atoms with Crippen molar-refractivity contribution in [2.75, 3.05) is 31.1 Å². The Morgan fingerprint density at radius 1 is 1.06 bits per heavy atom. The Morgan fingerprint density at radius 2 is 1.83 bits per heavy atom. The van der Waals surface area contributed by atoms with E-state index in [1.807, 2.05) is 18.2 Å². The molecule has 186 valence electrons. The number of benzene rings is 1. The number of hydrogen-bond donors (Lipinski definition) is 2. The molecule has 2 N–H and O–H groups in total. The number of fused-ring (bicyclic) bond motifs is 1. The van der Waals surface area contributed by atoms with Gasteiger partial charge in [0.15, 0.2) is 0 Å². The molecule has 1 aromatic heterocycles. The molecule has 2 aliphatic heterocycles. The number of imide groups is 1. The molecule has 2 aromatic rings. The molecule has 35 heavy (non-hydrogen) atoms. The van der Waals surface area contributed by atoms with Crippen LogP contribution < -0.4 is 10.2 Å². The van der Waals surface area contributed by atoms with E-state index in [0.717, 1.165) is 37.8 Å². The van der Waals surface area contributed by atoms with Crippen molar-refractivity contribution in [3.05, 3.63) is 47.8 Å². The summed E-state index contributed by atoms with van der Waals surface area (Å²) in [6, 6.07) is 7.23. The third kappa shape index (κ3) is 4.82. The van der Waals surface area contributed by atoms with Crippen LogP contribution in [0.4, 0.5) is 5.69 Å². The van der Waals surface area contributed by atoms with Crippen LogP contribution in [0.1, 0.15) is 65.7 Å². The smallest absolute Gasteiger partial charge is 0.263 e. The van der Waals surface area contributed by atoms with E-state index in [4.69, 9.17) is 0 Å². The summed E-state index contributed by atoms with van der Waals surface area (Å²) in [5.74, 6) is -0.654. The standard InChI is InChI=1S/C26H33N5O4/c32-23(27-18-26(35)10-2-1-3-11-26)19-8-14-29(15-9-19)21-7-4-6-20-22(21)25(34)31(24(20)33)17-16-30-13-5-12-28-30/h4-7,12-13,19,35H,1-3,8-11,14-18H2,(H,27,32). The minimum Gasteiger partial charge on any atom is -0.388 e. The van der Waals surface area contributed by atoms with Crippen LogP contribution in [-0.2, 0) is 11.3 Å². The van der Waals surface area contributed by atoms with Crippen molar-refractivity contribution in [1.82, 2.24) is 20.0 Å². The Bertz CT molecular complexity index is 1090. The van der Waals surface area contributed by atoms with Crippen molar-refractivity contribution in [3.63, 3.8) is 0 Å². The highest BCUT2D eigenvalue weighted by Gasteiger charge is 2.39. The maximum atomic E-state index is 13.2. The third-order valence-electron chi connectivity index (χ3n) is 7.67. The van der Waals surface area contributed by atoms with Crippen LogP contribution in [0.2, 0.25) is 0 Å². The number of carbonyl (C=O) groups excluding carboxylic acids is 3. The van der Waals surface area contributed by atoms with Crippen LogP contribution in [0.15, 0.2) is 36.7 Å². The SMILES string of the molecule is O=C(NCC1(O)CCCCC1)C1CCN(c2cccc3c2C(=O)N(CCn2cccn2)C3=O)CC1. The second-order valence-corrected chi connectivity index (χ2v) is 9.99. The van der Waals surface area contributed by atoms with E-state index >= 15 is 0 Å². The summed E-state index contributed by atoms with van der Waals surface area (Å²) in [7, 11) is 0. The van der Waals surface area contributed by atoms with Crippen molar-refractivity contribution < 1.29 is 19.5 Å². The van der Waals surface area contributed by atoms with E-state index in [1.54, 1.807) is 23.1 Å². The molecule has 0 atom stereocenters. The lowest BCUT2D eigenvalue weighted by Gasteiger charge is -2.35. The number of carbonyl (C=O) groups is 3. The number of nitrogens with zero attached hydrogens (tertiary/aromatic N) is 4. The molecule has 9 nitrogen and oxygen atoms in total. The van der Waals surface area contributed by atoms with E-state index in [2.05, 4.69) is 15.3 Å². The third-order valence-corrected chi connectivity index (χ3v) is 7.67. The van der Waals surface area contributed by atoms with Crippen LogP contribution in [0, 0.1) is 5.92 Å². The van der Waals surface area contributed by atoms with Crippen molar-refractivity contribution in [2.45, 2.75) is 57.1 Å². The van der Waals surface area contributed by atoms with E-state index in [9.17, 15) is 19.5 Å². The van der Waals surface area contributed by atoms with Crippen LogP contribution >= 0.6 is 0 Å². The van der Waals surface area contributed by atoms with Gasteiger partial charge in [0, 0.05) is 44.5 Å². The minimum atomic E-state index is -0.768. The fourth-order valence-electron chi connectivity index (χ4n) is 5.58. The highest BCUT2D eigenvalue weighted by Crippen LogP contribution is 2.34. The summed E-state index contributed by atoms with van der Waals surface area (Å²) < 4.78 is 1.70. The molecule has 3 heterocycles. The number of aliphatic hydroxyl groups is 1. The molecule has 1 aliphatic carbocycles. The van der Waals surface area contributed by atoms with Gasteiger partial charge in [0.2, 0.25) is 5.91 Å². The van der Waals surface area contributed by atoms with Crippen molar-refractivity contribution in [2.24, 2.45) is 5.92 Å². The van der Waals surface area contributed by atoms with Crippen molar-refractivity contribution >= 4 is 23.4 Å². The van der Waals surface area contributed by atoms with Crippen molar-refractivity contribution in [1.29, 1.82) is 0 Å². The second-order valence-electron chi connectivity index (χ2n) is 9.99. The summed E-state index contributed by atoms with van der Waals surface area (Å²) in [5, 5.41) is 17.8. The fraction of sp³-hybridized carbons (Fsp3) is 0.538. The van der Waals surface area contributed by atoms with Gasteiger partial charge in [-0.25, -0.2) is 0 Å². The lowest BCUT2D eigenvalue weighted by molar-refractivity contribution is -0.127. The molecule has 3 amide bonds. The van der Waals surface area contributed by atoms with Crippen LogP contribution in [0.25, 0.3) is 0 Å². The predicted octanol–water partition coefficient (Wildman–Crippen LogP) is 2.21. The first-order valence-corrected chi connectivity index (χ1v) is 12.7. The molecule has 3 aliphatic rings.